The van der Waals surface area contributed by atoms with E-state index in [0.717, 1.165) is 5.92 Å². The van der Waals surface area contributed by atoms with Crippen molar-refractivity contribution in [1.82, 2.24) is 0 Å². The molecular formula is C24H23N. The Morgan fingerprint density at radius 1 is 0.880 bits per heavy atom. The summed E-state index contributed by atoms with van der Waals surface area (Å²) in [7, 11) is 0. The molecule has 3 aliphatic rings. The van der Waals surface area contributed by atoms with Crippen molar-refractivity contribution in [2.45, 2.75) is 32.1 Å². The molecule has 0 saturated heterocycles. The van der Waals surface area contributed by atoms with Gasteiger partial charge in [0.1, 0.15) is 0 Å². The minimum Gasteiger partial charge on any atom is -0.313 e. The fourth-order valence-corrected chi connectivity index (χ4v) is 4.99. The molecule has 25 heavy (non-hydrogen) atoms. The summed E-state index contributed by atoms with van der Waals surface area (Å²) in [5.41, 5.74) is 6.09. The number of para-hydroxylation sites is 1. The summed E-state index contributed by atoms with van der Waals surface area (Å²) in [5, 5.41) is 2.81. The summed E-state index contributed by atoms with van der Waals surface area (Å²) in [6, 6.07) is 24.3. The van der Waals surface area contributed by atoms with Gasteiger partial charge in [-0.15, -0.1) is 0 Å². The van der Waals surface area contributed by atoms with Crippen molar-refractivity contribution in [3.05, 3.63) is 84.1 Å². The summed E-state index contributed by atoms with van der Waals surface area (Å²) in [4.78, 5) is 2.51. The van der Waals surface area contributed by atoms with E-state index in [1.54, 1.807) is 5.56 Å². The van der Waals surface area contributed by atoms with E-state index in [2.05, 4.69) is 77.7 Å². The van der Waals surface area contributed by atoms with Gasteiger partial charge >= 0.3 is 0 Å². The Kier molecular flexibility index (Phi) is 3.09. The monoisotopic (exact) mass is 325 g/mol. The predicted octanol–water partition coefficient (Wildman–Crippen LogP) is 6.56. The summed E-state index contributed by atoms with van der Waals surface area (Å²) in [6.07, 6.45) is 5.04. The number of hydrogen-bond donors (Lipinski definition) is 0. The van der Waals surface area contributed by atoms with Crippen LogP contribution < -0.4 is 4.90 Å². The van der Waals surface area contributed by atoms with E-state index >= 15 is 0 Å². The van der Waals surface area contributed by atoms with E-state index in [0.29, 0.717) is 5.41 Å². The van der Waals surface area contributed by atoms with Crippen LogP contribution in [0.1, 0.15) is 32.3 Å². The second kappa shape index (κ2) is 5.23. The van der Waals surface area contributed by atoms with Gasteiger partial charge in [0.05, 0.1) is 5.69 Å². The van der Waals surface area contributed by atoms with Crippen LogP contribution in [0.25, 0.3) is 10.8 Å². The van der Waals surface area contributed by atoms with Crippen LogP contribution in [0, 0.1) is 5.92 Å². The van der Waals surface area contributed by atoms with E-state index in [9.17, 15) is 0 Å². The number of nitrogens with zero attached hydrogens (tertiary/aromatic N) is 1. The van der Waals surface area contributed by atoms with Crippen LogP contribution in [0.3, 0.4) is 0 Å². The van der Waals surface area contributed by atoms with Crippen LogP contribution in [0.2, 0.25) is 0 Å². The van der Waals surface area contributed by atoms with Gasteiger partial charge in [-0.05, 0) is 53.3 Å². The number of fused-ring (bicyclic) bond motifs is 3. The lowest BCUT2D eigenvalue weighted by Crippen LogP contribution is -2.15. The first-order chi connectivity index (χ1) is 12.4. The molecular weight excluding hydrogens is 302 g/mol. The second-order valence-electron chi connectivity index (χ2n) is 7.05. The van der Waals surface area contributed by atoms with Gasteiger partial charge in [0.2, 0.25) is 0 Å². The number of allylic oxidation sites excluding steroid dienone is 2. The van der Waals surface area contributed by atoms with Gasteiger partial charge in [-0.2, -0.15) is 0 Å². The molecule has 0 bridgehead atoms. The number of hydrogen-bond acceptors (Lipinski definition) is 1. The highest BCUT2D eigenvalue weighted by molar-refractivity contribution is 5.98. The first kappa shape index (κ1) is 14.8. The van der Waals surface area contributed by atoms with E-state index < -0.39 is 0 Å². The maximum absolute atomic E-state index is 2.51. The Labute approximate surface area is 149 Å². The fourth-order valence-electron chi connectivity index (χ4n) is 4.99. The van der Waals surface area contributed by atoms with E-state index in [1.807, 2.05) is 13.8 Å². The molecule has 2 aliphatic carbocycles. The SMILES string of the molecule is C1=C2N(c3ccccc3)c3ccc4ccccc4c3C23CC3C1.CC. The zero-order valence-corrected chi connectivity index (χ0v) is 14.9. The molecule has 1 heteroatoms. The van der Waals surface area contributed by atoms with Crippen LogP contribution in [0.15, 0.2) is 78.5 Å². The standard InChI is InChI=1S/C22H17N.C2H6/c1-2-7-17(8-3-1)23-19-12-10-15-6-4-5-9-18(15)21(19)22-14-16(22)11-13-20(22)23;1-2/h1-10,12-13,16H,11,14H2;1-2H3. The normalized spacial score (nSPS) is 24.8. The Balaban J connectivity index is 0.000000679. The molecule has 6 rings (SSSR count). The summed E-state index contributed by atoms with van der Waals surface area (Å²) in [6.45, 7) is 4.00. The predicted molar refractivity (Wildman–Crippen MR) is 106 cm³/mol. The van der Waals surface area contributed by atoms with Crippen molar-refractivity contribution in [3.8, 4) is 0 Å². The first-order valence-electron chi connectivity index (χ1n) is 9.48. The van der Waals surface area contributed by atoms with Gasteiger partial charge < -0.3 is 4.90 Å². The zero-order chi connectivity index (χ0) is 17.0. The molecule has 1 aliphatic heterocycles. The van der Waals surface area contributed by atoms with Crippen molar-refractivity contribution < 1.29 is 0 Å². The van der Waals surface area contributed by atoms with E-state index in [4.69, 9.17) is 0 Å². The van der Waals surface area contributed by atoms with Gasteiger partial charge in [0.25, 0.3) is 0 Å². The van der Waals surface area contributed by atoms with Crippen LogP contribution in [-0.4, -0.2) is 0 Å². The van der Waals surface area contributed by atoms with Crippen LogP contribution in [0.4, 0.5) is 11.4 Å². The van der Waals surface area contributed by atoms with Gasteiger partial charge in [-0.25, -0.2) is 0 Å². The largest absolute Gasteiger partial charge is 0.313 e. The molecule has 0 aromatic heterocycles. The van der Waals surface area contributed by atoms with Crippen molar-refractivity contribution in [2.75, 3.05) is 4.90 Å². The Morgan fingerprint density at radius 2 is 1.64 bits per heavy atom. The molecule has 124 valence electrons. The Hall–Kier alpha value is -2.54. The topological polar surface area (TPSA) is 3.24 Å². The van der Waals surface area contributed by atoms with Gasteiger partial charge in [-0.3, -0.25) is 0 Å². The molecule has 0 N–H and O–H groups in total. The number of benzene rings is 3. The maximum atomic E-state index is 2.51. The minimum atomic E-state index is 0.298. The maximum Gasteiger partial charge on any atom is 0.0506 e. The number of rotatable bonds is 1. The average molecular weight is 325 g/mol. The first-order valence-corrected chi connectivity index (χ1v) is 9.48. The highest BCUT2D eigenvalue weighted by Crippen LogP contribution is 2.72. The molecule has 1 heterocycles. The Morgan fingerprint density at radius 3 is 2.44 bits per heavy atom. The van der Waals surface area contributed by atoms with Crippen molar-refractivity contribution in [1.29, 1.82) is 0 Å². The second-order valence-corrected chi connectivity index (χ2v) is 7.05. The van der Waals surface area contributed by atoms with Gasteiger partial charge in [0, 0.05) is 16.8 Å². The third-order valence-electron chi connectivity index (χ3n) is 6.01. The minimum absolute atomic E-state index is 0.298. The summed E-state index contributed by atoms with van der Waals surface area (Å²) >= 11 is 0. The van der Waals surface area contributed by atoms with Crippen LogP contribution in [0.5, 0.6) is 0 Å². The van der Waals surface area contributed by atoms with Gasteiger partial charge in [0.15, 0.2) is 0 Å². The zero-order valence-electron chi connectivity index (χ0n) is 14.9. The molecule has 0 radical (unpaired) electrons. The number of anilines is 2. The lowest BCUT2D eigenvalue weighted by atomic mass is 9.90. The average Bonchev–Trinajstić information content (AvgIpc) is 3.17. The highest BCUT2D eigenvalue weighted by Gasteiger charge is 2.66. The summed E-state index contributed by atoms with van der Waals surface area (Å²) in [5.74, 6) is 0.816. The highest BCUT2D eigenvalue weighted by atomic mass is 15.2. The molecule has 3 aromatic rings. The molecule has 1 fully saturated rings. The molecule has 2 atom stereocenters. The molecule has 2 unspecified atom stereocenters. The lowest BCUT2D eigenvalue weighted by molar-refractivity contribution is 0.769. The molecule has 1 spiro atoms. The quantitative estimate of drug-likeness (QED) is 0.489. The molecule has 1 saturated carbocycles. The van der Waals surface area contributed by atoms with Crippen molar-refractivity contribution in [2.24, 2.45) is 5.92 Å². The fraction of sp³-hybridized carbons (Fsp3) is 0.250. The molecule has 3 aromatic carbocycles. The third-order valence-corrected chi connectivity index (χ3v) is 6.01. The smallest absolute Gasteiger partial charge is 0.0506 e. The van der Waals surface area contributed by atoms with Crippen molar-refractivity contribution in [3.63, 3.8) is 0 Å². The van der Waals surface area contributed by atoms with Crippen LogP contribution in [-0.2, 0) is 5.41 Å². The Bertz CT molecular complexity index is 985. The van der Waals surface area contributed by atoms with Crippen LogP contribution >= 0.6 is 0 Å². The third kappa shape index (κ3) is 1.79. The van der Waals surface area contributed by atoms with E-state index in [-0.39, 0.29) is 0 Å². The van der Waals surface area contributed by atoms with E-state index in [1.165, 1.54) is 40.7 Å². The van der Waals surface area contributed by atoms with Gasteiger partial charge in [-0.1, -0.05) is 68.5 Å². The lowest BCUT2D eigenvalue weighted by Gasteiger charge is -2.22. The summed E-state index contributed by atoms with van der Waals surface area (Å²) < 4.78 is 0. The molecule has 0 amide bonds. The molecule has 1 nitrogen and oxygen atoms in total. The van der Waals surface area contributed by atoms with Crippen molar-refractivity contribution >= 4 is 22.1 Å².